The van der Waals surface area contributed by atoms with Gasteiger partial charge in [0.05, 0.1) is 41.9 Å². The molecule has 0 aliphatic carbocycles. The molecule has 1 unspecified atom stereocenters. The predicted octanol–water partition coefficient (Wildman–Crippen LogP) is 6.06. The molecule has 13 nitrogen and oxygen atoms in total. The fourth-order valence-electron chi connectivity index (χ4n) is 6.63. The molecule has 4 N–H and O–H groups in total. The Morgan fingerprint density at radius 3 is 2.38 bits per heavy atom. The van der Waals surface area contributed by atoms with Crippen LogP contribution in [0.15, 0.2) is 71.8 Å². The van der Waals surface area contributed by atoms with E-state index in [0.717, 1.165) is 10.8 Å². The van der Waals surface area contributed by atoms with E-state index in [4.69, 9.17) is 19.9 Å². The first-order chi connectivity index (χ1) is 25.2. The Morgan fingerprint density at radius 2 is 1.72 bits per heavy atom. The maximum absolute atomic E-state index is 15.2. The number of esters is 1. The van der Waals surface area contributed by atoms with E-state index >= 15 is 4.79 Å². The van der Waals surface area contributed by atoms with Crippen LogP contribution in [0, 0.1) is 5.92 Å². The number of ether oxygens (including phenoxy) is 3. The first-order valence-corrected chi connectivity index (χ1v) is 19.1. The van der Waals surface area contributed by atoms with Gasteiger partial charge in [-0.2, -0.15) is 0 Å². The molecule has 1 aliphatic rings. The third-order valence-electron chi connectivity index (χ3n) is 9.08. The second kappa shape index (κ2) is 16.1. The molecule has 53 heavy (non-hydrogen) atoms. The Balaban J connectivity index is 1.70. The SMILES string of the molecule is CCOc1cc(C(Nc2ccc3c(N)nccc3c2)C(=O)N2CC[C@@H](C(=O)OC)[C@H]2c2cc(NC(C)=O)ccc2S(=O)(=O)C(C)C)ccc1OC(C)C. The number of hydrogen-bond donors (Lipinski definition) is 3. The van der Waals surface area contributed by atoms with Crippen molar-refractivity contribution in [3.8, 4) is 11.5 Å². The molecule has 2 heterocycles. The van der Waals surface area contributed by atoms with Gasteiger partial charge in [0.15, 0.2) is 21.3 Å². The Hall–Kier alpha value is -5.37. The molecule has 2 amide bonds. The molecular weight excluding hydrogens is 699 g/mol. The van der Waals surface area contributed by atoms with Crippen molar-refractivity contribution in [3.05, 3.63) is 78.0 Å². The maximum atomic E-state index is 15.2. The second-order valence-corrected chi connectivity index (χ2v) is 15.9. The summed E-state index contributed by atoms with van der Waals surface area (Å²) in [6, 6.07) is 14.9. The predicted molar refractivity (Wildman–Crippen MR) is 204 cm³/mol. The van der Waals surface area contributed by atoms with Gasteiger partial charge >= 0.3 is 5.97 Å². The van der Waals surface area contributed by atoms with Gasteiger partial charge in [-0.1, -0.05) is 6.07 Å². The minimum absolute atomic E-state index is 0.0424. The molecule has 0 bridgehead atoms. The van der Waals surface area contributed by atoms with Gasteiger partial charge < -0.3 is 35.5 Å². The Labute approximate surface area is 310 Å². The number of methoxy groups -OCH3 is 1. The zero-order chi connectivity index (χ0) is 38.6. The van der Waals surface area contributed by atoms with E-state index in [1.54, 1.807) is 44.3 Å². The molecular formula is C39H47N5O8S. The van der Waals surface area contributed by atoms with Gasteiger partial charge in [0, 0.05) is 36.4 Å². The lowest BCUT2D eigenvalue weighted by atomic mass is 9.92. The van der Waals surface area contributed by atoms with Gasteiger partial charge in [0.25, 0.3) is 0 Å². The number of rotatable bonds is 13. The van der Waals surface area contributed by atoms with Crippen LogP contribution < -0.4 is 25.8 Å². The number of nitrogens with zero attached hydrogens (tertiary/aromatic N) is 2. The van der Waals surface area contributed by atoms with Gasteiger partial charge in [0.2, 0.25) is 11.8 Å². The average molecular weight is 746 g/mol. The van der Waals surface area contributed by atoms with Crippen LogP contribution in [0.4, 0.5) is 17.2 Å². The zero-order valence-electron chi connectivity index (χ0n) is 31.0. The number of anilines is 3. The smallest absolute Gasteiger partial charge is 0.311 e. The van der Waals surface area contributed by atoms with Crippen molar-refractivity contribution >= 4 is 55.6 Å². The number of nitrogens with two attached hydrogens (primary N) is 1. The van der Waals surface area contributed by atoms with Crippen LogP contribution in [0.1, 0.15) is 71.2 Å². The van der Waals surface area contributed by atoms with Crippen molar-refractivity contribution in [1.29, 1.82) is 0 Å². The van der Waals surface area contributed by atoms with Gasteiger partial charge in [-0.15, -0.1) is 0 Å². The van der Waals surface area contributed by atoms with E-state index in [2.05, 4.69) is 15.6 Å². The van der Waals surface area contributed by atoms with E-state index in [-0.39, 0.29) is 35.4 Å². The number of carbonyl (C=O) groups is 3. The topological polar surface area (TPSA) is 179 Å². The summed E-state index contributed by atoms with van der Waals surface area (Å²) in [6.07, 6.45) is 1.67. The van der Waals surface area contributed by atoms with Crippen molar-refractivity contribution in [2.75, 3.05) is 36.6 Å². The molecule has 1 aromatic heterocycles. The number of likely N-dealkylation sites (tertiary alicyclic amines) is 1. The fraction of sp³-hybridized carbons (Fsp3) is 0.385. The van der Waals surface area contributed by atoms with E-state index in [9.17, 15) is 18.0 Å². The monoisotopic (exact) mass is 745 g/mol. The normalized spacial score (nSPS) is 16.4. The largest absolute Gasteiger partial charge is 0.490 e. The minimum Gasteiger partial charge on any atom is -0.490 e. The van der Waals surface area contributed by atoms with Gasteiger partial charge in [-0.05, 0) is 112 Å². The second-order valence-electron chi connectivity index (χ2n) is 13.4. The molecule has 1 fully saturated rings. The summed E-state index contributed by atoms with van der Waals surface area (Å²) < 4.78 is 44.9. The van der Waals surface area contributed by atoms with E-state index in [1.165, 1.54) is 37.1 Å². The average Bonchev–Trinajstić information content (AvgIpc) is 3.55. The van der Waals surface area contributed by atoms with Crippen LogP contribution in [-0.2, 0) is 29.0 Å². The number of nitrogens with one attached hydrogen (secondary N) is 2. The van der Waals surface area contributed by atoms with Crippen LogP contribution >= 0.6 is 0 Å². The van der Waals surface area contributed by atoms with Crippen molar-refractivity contribution in [2.24, 2.45) is 5.92 Å². The summed E-state index contributed by atoms with van der Waals surface area (Å²) >= 11 is 0. The first kappa shape index (κ1) is 38.9. The highest BCUT2D eigenvalue weighted by Crippen LogP contribution is 2.44. The Morgan fingerprint density at radius 1 is 0.981 bits per heavy atom. The number of amides is 2. The highest BCUT2D eigenvalue weighted by atomic mass is 32.2. The van der Waals surface area contributed by atoms with Crippen molar-refractivity contribution < 1.29 is 37.0 Å². The number of hydrogen-bond acceptors (Lipinski definition) is 11. The first-order valence-electron chi connectivity index (χ1n) is 17.5. The third kappa shape index (κ3) is 8.32. The van der Waals surface area contributed by atoms with Crippen LogP contribution in [0.3, 0.4) is 0 Å². The standard InChI is InChI=1S/C39H47N5O8S/c1-8-51-33-20-26(9-13-32(33)52-22(2)3)35(43-27-10-12-29-25(19-27)15-17-41-37(29)40)38(46)44-18-16-30(39(47)50-7)36(44)31-21-28(42-24(6)45)11-14-34(31)53(48,49)23(4)5/h9-15,17,19-23,30,35-36,43H,8,16,18H2,1-7H3,(H2,40,41)(H,42,45)/t30-,35?,36+/m1/s1. The number of aromatic nitrogens is 1. The van der Waals surface area contributed by atoms with Gasteiger partial charge in [-0.3, -0.25) is 14.4 Å². The summed E-state index contributed by atoms with van der Waals surface area (Å²) in [5.41, 5.74) is 7.77. The zero-order valence-corrected chi connectivity index (χ0v) is 31.8. The lowest BCUT2D eigenvalue weighted by Crippen LogP contribution is -2.40. The third-order valence-corrected chi connectivity index (χ3v) is 11.3. The summed E-state index contributed by atoms with van der Waals surface area (Å²) in [5.74, 6) is -0.994. The summed E-state index contributed by atoms with van der Waals surface area (Å²) in [7, 11) is -2.68. The molecule has 4 aromatic rings. The number of pyridine rings is 1. The minimum atomic E-state index is -3.93. The number of sulfone groups is 1. The molecule has 3 aromatic carbocycles. The Kier molecular flexibility index (Phi) is 11.8. The van der Waals surface area contributed by atoms with Gasteiger partial charge in [-0.25, -0.2) is 13.4 Å². The lowest BCUT2D eigenvalue weighted by molar-refractivity contribution is -0.147. The van der Waals surface area contributed by atoms with Crippen molar-refractivity contribution in [2.45, 2.75) is 76.3 Å². The number of benzene rings is 3. The number of carbonyl (C=O) groups excluding carboxylic acids is 3. The van der Waals surface area contributed by atoms with Crippen LogP contribution in [-0.4, -0.2) is 67.7 Å². The summed E-state index contributed by atoms with van der Waals surface area (Å²) in [5, 5.41) is 6.84. The number of fused-ring (bicyclic) bond motifs is 1. The quantitative estimate of drug-likeness (QED) is 0.136. The molecule has 5 rings (SSSR count). The maximum Gasteiger partial charge on any atom is 0.311 e. The molecule has 14 heteroatoms. The number of nitrogen functional groups attached to an aromatic ring is 1. The molecule has 282 valence electrons. The van der Waals surface area contributed by atoms with E-state index in [0.29, 0.717) is 40.9 Å². The van der Waals surface area contributed by atoms with Crippen molar-refractivity contribution in [3.63, 3.8) is 0 Å². The summed E-state index contributed by atoms with van der Waals surface area (Å²) in [4.78, 5) is 46.3. The van der Waals surface area contributed by atoms with Crippen LogP contribution in [0.2, 0.25) is 0 Å². The van der Waals surface area contributed by atoms with Gasteiger partial charge in [0.1, 0.15) is 11.9 Å². The Bertz CT molecular complexity index is 2120. The molecule has 3 atom stereocenters. The van der Waals surface area contributed by atoms with E-state index in [1.807, 2.05) is 39.0 Å². The molecule has 1 aliphatic heterocycles. The molecule has 0 spiro atoms. The molecule has 0 radical (unpaired) electrons. The van der Waals surface area contributed by atoms with Crippen molar-refractivity contribution in [1.82, 2.24) is 9.88 Å². The van der Waals surface area contributed by atoms with Crippen LogP contribution in [0.5, 0.6) is 11.5 Å². The molecule has 1 saturated heterocycles. The molecule has 0 saturated carbocycles. The lowest BCUT2D eigenvalue weighted by Gasteiger charge is -2.33. The highest BCUT2D eigenvalue weighted by molar-refractivity contribution is 7.92. The summed E-state index contributed by atoms with van der Waals surface area (Å²) in [6.45, 7) is 10.6. The van der Waals surface area contributed by atoms with E-state index < -0.39 is 45.0 Å². The fourth-order valence-corrected chi connectivity index (χ4v) is 7.90. The highest BCUT2D eigenvalue weighted by Gasteiger charge is 2.46. The van der Waals surface area contributed by atoms with Crippen LogP contribution in [0.25, 0.3) is 10.8 Å².